The van der Waals surface area contributed by atoms with Crippen molar-refractivity contribution >= 4 is 5.97 Å². The van der Waals surface area contributed by atoms with Gasteiger partial charge in [-0.1, -0.05) is 26.0 Å². The first-order chi connectivity index (χ1) is 8.72. The van der Waals surface area contributed by atoms with E-state index in [-0.39, 0.29) is 11.5 Å². The molecule has 1 unspecified atom stereocenters. The molecule has 1 atom stereocenters. The minimum Gasteiger partial charge on any atom is -0.491 e. The lowest BCUT2D eigenvalue weighted by molar-refractivity contribution is -0.139. The summed E-state index contributed by atoms with van der Waals surface area (Å²) < 4.78 is 5.58. The van der Waals surface area contributed by atoms with E-state index in [1.54, 1.807) is 0 Å². The lowest BCUT2D eigenvalue weighted by atomic mass is 9.79. The lowest BCUT2D eigenvalue weighted by Gasteiger charge is -2.27. The smallest absolute Gasteiger partial charge is 0.320 e. The standard InChI is InChI=1S/C15H23NO3/c1-10(2)19-12-7-5-11(6-8-12)15(3,4)9-13(16)14(17)18/h5-8,10,13H,9,16H2,1-4H3,(H,17,18). The number of carboxylic acid groups (broad SMARTS) is 1. The predicted molar refractivity (Wildman–Crippen MR) is 75.5 cm³/mol. The molecule has 0 heterocycles. The van der Waals surface area contributed by atoms with Crippen molar-refractivity contribution in [3.63, 3.8) is 0 Å². The van der Waals surface area contributed by atoms with Gasteiger partial charge in [0.25, 0.3) is 0 Å². The molecule has 0 radical (unpaired) electrons. The van der Waals surface area contributed by atoms with Crippen LogP contribution in [-0.4, -0.2) is 23.2 Å². The van der Waals surface area contributed by atoms with Crippen molar-refractivity contribution in [1.82, 2.24) is 0 Å². The fourth-order valence-electron chi connectivity index (χ4n) is 2.01. The Morgan fingerprint density at radius 2 is 1.84 bits per heavy atom. The SMILES string of the molecule is CC(C)Oc1ccc(C(C)(C)CC(N)C(=O)O)cc1. The van der Waals surface area contributed by atoms with Gasteiger partial charge in [-0.3, -0.25) is 4.79 Å². The number of aliphatic carboxylic acids is 1. The van der Waals surface area contributed by atoms with Crippen LogP contribution in [-0.2, 0) is 10.2 Å². The van der Waals surface area contributed by atoms with Crippen LogP contribution in [0.4, 0.5) is 0 Å². The Morgan fingerprint density at radius 3 is 2.26 bits per heavy atom. The van der Waals surface area contributed by atoms with Gasteiger partial charge in [0.15, 0.2) is 0 Å². The van der Waals surface area contributed by atoms with Crippen molar-refractivity contribution in [3.05, 3.63) is 29.8 Å². The van der Waals surface area contributed by atoms with Crippen LogP contribution in [0.1, 0.15) is 39.7 Å². The average molecular weight is 265 g/mol. The first-order valence-corrected chi connectivity index (χ1v) is 6.48. The summed E-state index contributed by atoms with van der Waals surface area (Å²) in [4.78, 5) is 10.8. The third kappa shape index (κ3) is 4.56. The van der Waals surface area contributed by atoms with Crippen LogP contribution >= 0.6 is 0 Å². The van der Waals surface area contributed by atoms with E-state index >= 15 is 0 Å². The molecule has 0 bridgehead atoms. The Kier molecular flexibility index (Phi) is 4.95. The number of ether oxygens (including phenoxy) is 1. The Bertz CT molecular complexity index is 424. The van der Waals surface area contributed by atoms with Gasteiger partial charge in [0.05, 0.1) is 6.10 Å². The van der Waals surface area contributed by atoms with Crippen LogP contribution in [0, 0.1) is 0 Å². The third-order valence-corrected chi connectivity index (χ3v) is 3.05. The van der Waals surface area contributed by atoms with E-state index in [2.05, 4.69) is 0 Å². The Hall–Kier alpha value is -1.55. The first-order valence-electron chi connectivity index (χ1n) is 6.48. The quantitative estimate of drug-likeness (QED) is 0.829. The van der Waals surface area contributed by atoms with Gasteiger partial charge in [-0.05, 0) is 43.4 Å². The second-order valence-corrected chi connectivity index (χ2v) is 5.72. The summed E-state index contributed by atoms with van der Waals surface area (Å²) in [6, 6.07) is 6.90. The highest BCUT2D eigenvalue weighted by atomic mass is 16.5. The summed E-state index contributed by atoms with van der Waals surface area (Å²) in [5, 5.41) is 8.89. The number of benzene rings is 1. The summed E-state index contributed by atoms with van der Waals surface area (Å²) in [6.45, 7) is 7.94. The fraction of sp³-hybridized carbons (Fsp3) is 0.533. The second kappa shape index (κ2) is 6.06. The van der Waals surface area contributed by atoms with Gasteiger partial charge in [0.1, 0.15) is 11.8 Å². The van der Waals surface area contributed by atoms with Crippen molar-refractivity contribution in [2.75, 3.05) is 0 Å². The Morgan fingerprint density at radius 1 is 1.32 bits per heavy atom. The van der Waals surface area contributed by atoms with Crippen LogP contribution in [0.2, 0.25) is 0 Å². The second-order valence-electron chi connectivity index (χ2n) is 5.72. The minimum atomic E-state index is -0.965. The highest BCUT2D eigenvalue weighted by Crippen LogP contribution is 2.29. The first kappa shape index (κ1) is 15.5. The molecular weight excluding hydrogens is 242 g/mol. The van der Waals surface area contributed by atoms with E-state index in [1.807, 2.05) is 52.0 Å². The zero-order chi connectivity index (χ0) is 14.6. The molecule has 1 aromatic rings. The Labute approximate surface area is 114 Å². The molecule has 0 aliphatic heterocycles. The van der Waals surface area contributed by atoms with Gasteiger partial charge in [-0.25, -0.2) is 0 Å². The van der Waals surface area contributed by atoms with E-state index in [9.17, 15) is 4.79 Å². The van der Waals surface area contributed by atoms with Crippen LogP contribution in [0.25, 0.3) is 0 Å². The highest BCUT2D eigenvalue weighted by molar-refractivity contribution is 5.73. The maximum Gasteiger partial charge on any atom is 0.320 e. The van der Waals surface area contributed by atoms with Gasteiger partial charge in [0, 0.05) is 0 Å². The molecule has 0 saturated carbocycles. The van der Waals surface area contributed by atoms with E-state index in [0.717, 1.165) is 11.3 Å². The molecule has 0 aliphatic carbocycles. The van der Waals surface area contributed by atoms with Crippen LogP contribution in [0.5, 0.6) is 5.75 Å². The molecule has 106 valence electrons. The largest absolute Gasteiger partial charge is 0.491 e. The zero-order valence-corrected chi connectivity index (χ0v) is 12.0. The topological polar surface area (TPSA) is 72.5 Å². The molecule has 1 rings (SSSR count). The van der Waals surface area contributed by atoms with E-state index in [4.69, 9.17) is 15.6 Å². The number of nitrogens with two attached hydrogens (primary N) is 1. The summed E-state index contributed by atoms with van der Waals surface area (Å²) in [6.07, 6.45) is 0.534. The molecule has 0 aromatic heterocycles. The maximum absolute atomic E-state index is 10.8. The van der Waals surface area contributed by atoms with E-state index in [1.165, 1.54) is 0 Å². The molecule has 0 spiro atoms. The van der Waals surface area contributed by atoms with Crippen molar-refractivity contribution < 1.29 is 14.6 Å². The molecule has 0 amide bonds. The van der Waals surface area contributed by atoms with Crippen molar-refractivity contribution in [3.8, 4) is 5.75 Å². The molecule has 0 saturated heterocycles. The zero-order valence-electron chi connectivity index (χ0n) is 12.0. The normalized spacial score (nSPS) is 13.4. The fourth-order valence-corrected chi connectivity index (χ4v) is 2.01. The van der Waals surface area contributed by atoms with Gasteiger partial charge >= 0.3 is 5.97 Å². The molecule has 1 aromatic carbocycles. The van der Waals surface area contributed by atoms with Gasteiger partial charge < -0.3 is 15.6 Å². The minimum absolute atomic E-state index is 0.138. The van der Waals surface area contributed by atoms with Crippen LogP contribution in [0.15, 0.2) is 24.3 Å². The van der Waals surface area contributed by atoms with Gasteiger partial charge in [0.2, 0.25) is 0 Å². The number of carbonyl (C=O) groups is 1. The van der Waals surface area contributed by atoms with E-state index < -0.39 is 12.0 Å². The predicted octanol–water partition coefficient (Wildman–Crippen LogP) is 2.55. The van der Waals surface area contributed by atoms with E-state index in [0.29, 0.717) is 6.42 Å². The summed E-state index contributed by atoms with van der Waals surface area (Å²) in [7, 11) is 0. The van der Waals surface area contributed by atoms with Crippen molar-refractivity contribution in [1.29, 1.82) is 0 Å². The van der Waals surface area contributed by atoms with Gasteiger partial charge in [-0.15, -0.1) is 0 Å². The van der Waals surface area contributed by atoms with Crippen molar-refractivity contribution in [2.24, 2.45) is 5.73 Å². The third-order valence-electron chi connectivity index (χ3n) is 3.05. The molecule has 4 heteroatoms. The molecular formula is C15H23NO3. The average Bonchev–Trinajstić information content (AvgIpc) is 2.28. The van der Waals surface area contributed by atoms with Crippen molar-refractivity contribution in [2.45, 2.75) is 51.7 Å². The molecule has 19 heavy (non-hydrogen) atoms. The number of hydrogen-bond acceptors (Lipinski definition) is 3. The maximum atomic E-state index is 10.8. The Balaban J connectivity index is 2.81. The molecule has 4 nitrogen and oxygen atoms in total. The van der Waals surface area contributed by atoms with Crippen LogP contribution < -0.4 is 10.5 Å². The lowest BCUT2D eigenvalue weighted by Crippen LogP contribution is -2.36. The number of carboxylic acids is 1. The monoisotopic (exact) mass is 265 g/mol. The number of rotatable bonds is 6. The van der Waals surface area contributed by atoms with Gasteiger partial charge in [-0.2, -0.15) is 0 Å². The molecule has 3 N–H and O–H groups in total. The summed E-state index contributed by atoms with van der Waals surface area (Å²) in [5.41, 5.74) is 6.38. The van der Waals surface area contributed by atoms with Crippen LogP contribution in [0.3, 0.4) is 0 Å². The number of hydrogen-bond donors (Lipinski definition) is 2. The summed E-state index contributed by atoms with van der Waals surface area (Å²) in [5.74, 6) is -0.148. The summed E-state index contributed by atoms with van der Waals surface area (Å²) >= 11 is 0. The highest BCUT2D eigenvalue weighted by Gasteiger charge is 2.26. The molecule has 0 fully saturated rings. The molecule has 0 aliphatic rings.